The van der Waals surface area contributed by atoms with Crippen LogP contribution in [0.15, 0.2) is 12.2 Å². The Morgan fingerprint density at radius 1 is 1.40 bits per heavy atom. The van der Waals surface area contributed by atoms with Gasteiger partial charge >= 0.3 is 5.97 Å². The van der Waals surface area contributed by atoms with E-state index in [-0.39, 0.29) is 21.5 Å². The van der Waals surface area contributed by atoms with Gasteiger partial charge in [-0.2, -0.15) is 0 Å². The van der Waals surface area contributed by atoms with Crippen LogP contribution in [0.3, 0.4) is 0 Å². The van der Waals surface area contributed by atoms with Gasteiger partial charge in [0.1, 0.15) is 0 Å². The van der Waals surface area contributed by atoms with Crippen LogP contribution in [0.1, 0.15) is 20.8 Å². The summed E-state index contributed by atoms with van der Waals surface area (Å²) < 4.78 is 5.32. The normalized spacial score (nSPS) is 14.8. The van der Waals surface area contributed by atoms with E-state index in [1.807, 2.05) is 0 Å². The molecule has 0 fully saturated rings. The summed E-state index contributed by atoms with van der Waals surface area (Å²) in [7, 11) is 3.59. The molecule has 1 N–H and O–H groups in total. The molecule has 0 radical (unpaired) electrons. The molecule has 0 aromatic heterocycles. The van der Waals surface area contributed by atoms with Crippen molar-refractivity contribution in [3.8, 4) is 0 Å². The summed E-state index contributed by atoms with van der Waals surface area (Å²) >= 11 is 0. The summed E-state index contributed by atoms with van der Waals surface area (Å²) in [6, 6.07) is 0. The van der Waals surface area contributed by atoms with E-state index in [2.05, 4.69) is 6.58 Å². The van der Waals surface area contributed by atoms with Crippen LogP contribution < -0.4 is 17.0 Å². The molecule has 2 unspecified atom stereocenters. The number of ether oxygens (including phenoxy) is 1. The van der Waals surface area contributed by atoms with E-state index in [0.717, 1.165) is 0 Å². The lowest BCUT2D eigenvalue weighted by molar-refractivity contribution is -0.972. The van der Waals surface area contributed by atoms with Gasteiger partial charge in [0.15, 0.2) is 6.23 Å². The molecule has 0 spiro atoms. The third-order valence-electron chi connectivity index (χ3n) is 2.53. The number of hydrogen-bond donors (Lipinski definition) is 1. The zero-order valence-corrected chi connectivity index (χ0v) is 11.5. The highest BCUT2D eigenvalue weighted by molar-refractivity contribution is 5.86. The highest BCUT2D eigenvalue weighted by Gasteiger charge is 2.31. The molecule has 5 heteroatoms. The topological polar surface area (TPSA) is 46.5 Å². The van der Waals surface area contributed by atoms with Gasteiger partial charge in [0.2, 0.25) is 6.23 Å². The minimum atomic E-state index is -0.595. The predicted molar refractivity (Wildman–Crippen MR) is 54.2 cm³/mol. The molecule has 0 bridgehead atoms. The second-order valence-corrected chi connectivity index (χ2v) is 4.05. The maximum absolute atomic E-state index is 11.2. The Hall–Kier alpha value is -0.390. The van der Waals surface area contributed by atoms with Crippen LogP contribution in [0.4, 0.5) is 0 Å². The number of aliphatic hydroxyl groups is 1. The number of rotatable bonds is 4. The van der Waals surface area contributed by atoms with Crippen LogP contribution in [-0.2, 0) is 9.53 Å². The van der Waals surface area contributed by atoms with Gasteiger partial charge in [-0.15, -0.1) is 0 Å². The fraction of sp³-hybridized carbons (Fsp3) is 0.700. The van der Waals surface area contributed by atoms with E-state index in [1.165, 1.54) is 0 Å². The standard InChI is InChI=1S/C10H20NO3.BrH/c1-7(2)10(13)14-9(4)11(5,6)8(3)12;/h8-9,12H,1H2,2-6H3;1H/q+1;/p-1. The van der Waals surface area contributed by atoms with Crippen LogP contribution in [0, 0.1) is 0 Å². The van der Waals surface area contributed by atoms with Gasteiger partial charge in [0.05, 0.1) is 14.1 Å². The quantitative estimate of drug-likeness (QED) is 0.277. The molecule has 0 aromatic rings. The minimum absolute atomic E-state index is 0. The van der Waals surface area contributed by atoms with Crippen LogP contribution in [-0.4, -0.2) is 42.1 Å². The van der Waals surface area contributed by atoms with Crippen molar-refractivity contribution in [1.29, 1.82) is 0 Å². The lowest BCUT2D eigenvalue weighted by Crippen LogP contribution is -3.00. The Bertz CT molecular complexity index is 239. The van der Waals surface area contributed by atoms with Crippen LogP contribution in [0.2, 0.25) is 0 Å². The average molecular weight is 282 g/mol. The first kappa shape index (κ1) is 17.0. The van der Waals surface area contributed by atoms with Gasteiger partial charge in [0, 0.05) is 19.4 Å². The molecule has 2 atom stereocenters. The fourth-order valence-corrected chi connectivity index (χ4v) is 0.695. The van der Waals surface area contributed by atoms with Crippen molar-refractivity contribution >= 4 is 5.97 Å². The molecular weight excluding hydrogens is 262 g/mol. The summed E-state index contributed by atoms with van der Waals surface area (Å²) in [6.45, 7) is 8.49. The Balaban J connectivity index is 0. The van der Waals surface area contributed by atoms with Crippen molar-refractivity contribution in [2.45, 2.75) is 33.2 Å². The molecule has 0 aliphatic heterocycles. The molecular formula is C10H20BrNO3. The Morgan fingerprint density at radius 3 is 2.07 bits per heavy atom. The maximum atomic E-state index is 11.2. The number of carbonyl (C=O) groups excluding carboxylic acids is 1. The zero-order chi connectivity index (χ0) is 11.5. The molecule has 15 heavy (non-hydrogen) atoms. The van der Waals surface area contributed by atoms with Gasteiger partial charge in [-0.25, -0.2) is 4.79 Å². The third kappa shape index (κ3) is 4.77. The number of nitrogens with zero attached hydrogens (tertiary/aromatic N) is 1. The summed E-state index contributed by atoms with van der Waals surface area (Å²) in [5, 5.41) is 9.46. The van der Waals surface area contributed by atoms with E-state index in [4.69, 9.17) is 4.74 Å². The number of carbonyl (C=O) groups is 1. The van der Waals surface area contributed by atoms with Gasteiger partial charge in [-0.3, -0.25) is 4.48 Å². The number of quaternary nitrogens is 1. The van der Waals surface area contributed by atoms with E-state index < -0.39 is 18.4 Å². The monoisotopic (exact) mass is 281 g/mol. The van der Waals surface area contributed by atoms with Crippen molar-refractivity contribution in [3.05, 3.63) is 12.2 Å². The van der Waals surface area contributed by atoms with Gasteiger partial charge < -0.3 is 26.8 Å². The number of esters is 1. The first-order chi connectivity index (χ1) is 6.19. The highest BCUT2D eigenvalue weighted by atomic mass is 79.9. The van der Waals surface area contributed by atoms with Crippen LogP contribution in [0.25, 0.3) is 0 Å². The SMILES string of the molecule is C=C(C)C(=O)OC(C)[N+](C)(C)C(C)O.[Br-]. The fourth-order valence-electron chi connectivity index (χ4n) is 0.695. The summed E-state index contributed by atoms with van der Waals surface area (Å²) in [4.78, 5) is 11.2. The molecule has 90 valence electrons. The average Bonchev–Trinajstić information content (AvgIpc) is 2.03. The first-order valence-electron chi connectivity index (χ1n) is 4.57. The van der Waals surface area contributed by atoms with Gasteiger partial charge in [-0.1, -0.05) is 6.58 Å². The van der Waals surface area contributed by atoms with Crippen molar-refractivity contribution in [2.75, 3.05) is 14.1 Å². The van der Waals surface area contributed by atoms with Gasteiger partial charge in [0.25, 0.3) is 0 Å². The van der Waals surface area contributed by atoms with E-state index >= 15 is 0 Å². The molecule has 0 saturated heterocycles. The largest absolute Gasteiger partial charge is 1.00 e. The van der Waals surface area contributed by atoms with Crippen molar-refractivity contribution < 1.29 is 36.1 Å². The maximum Gasteiger partial charge on any atom is 0.337 e. The second kappa shape index (κ2) is 6.25. The van der Waals surface area contributed by atoms with E-state index in [9.17, 15) is 9.90 Å². The third-order valence-corrected chi connectivity index (χ3v) is 2.53. The molecule has 0 aliphatic rings. The Kier molecular flexibility index (Phi) is 7.09. The van der Waals surface area contributed by atoms with Crippen LogP contribution >= 0.6 is 0 Å². The van der Waals surface area contributed by atoms with Crippen LogP contribution in [0.5, 0.6) is 0 Å². The molecule has 0 heterocycles. The number of halogens is 1. The molecule has 0 amide bonds. The van der Waals surface area contributed by atoms with E-state index in [0.29, 0.717) is 5.57 Å². The summed E-state index contributed by atoms with van der Waals surface area (Å²) in [6.07, 6.45) is -0.998. The molecule has 0 saturated carbocycles. The minimum Gasteiger partial charge on any atom is -1.00 e. The van der Waals surface area contributed by atoms with Crippen molar-refractivity contribution in [3.63, 3.8) is 0 Å². The molecule has 0 rings (SSSR count). The van der Waals surface area contributed by atoms with Crippen molar-refractivity contribution in [1.82, 2.24) is 0 Å². The van der Waals surface area contributed by atoms with E-state index in [1.54, 1.807) is 34.9 Å². The lowest BCUT2D eigenvalue weighted by atomic mass is 10.3. The summed E-state index contributed by atoms with van der Waals surface area (Å²) in [5.41, 5.74) is 0.363. The zero-order valence-electron chi connectivity index (χ0n) is 9.95. The van der Waals surface area contributed by atoms with Gasteiger partial charge in [-0.05, 0) is 6.92 Å². The Labute approximate surface area is 102 Å². The number of aliphatic hydroxyl groups excluding tert-OH is 1. The second-order valence-electron chi connectivity index (χ2n) is 4.05. The highest BCUT2D eigenvalue weighted by Crippen LogP contribution is 2.13. The molecule has 4 nitrogen and oxygen atoms in total. The smallest absolute Gasteiger partial charge is 0.337 e. The van der Waals surface area contributed by atoms with Crippen molar-refractivity contribution in [2.24, 2.45) is 0 Å². The summed E-state index contributed by atoms with van der Waals surface area (Å²) in [5.74, 6) is -0.427. The Morgan fingerprint density at radius 2 is 1.80 bits per heavy atom. The number of hydrogen-bond acceptors (Lipinski definition) is 3. The first-order valence-corrected chi connectivity index (χ1v) is 4.57. The molecule has 0 aliphatic carbocycles. The lowest BCUT2D eigenvalue weighted by Gasteiger charge is -2.37. The molecule has 0 aromatic carbocycles. The predicted octanol–water partition coefficient (Wildman–Crippen LogP) is -2.13.